The highest BCUT2D eigenvalue weighted by Gasteiger charge is 2.18. The normalized spacial score (nSPS) is 12.4. The van der Waals surface area contributed by atoms with Gasteiger partial charge in [-0.25, -0.2) is 0 Å². The van der Waals surface area contributed by atoms with E-state index in [1.54, 1.807) is 0 Å². The highest BCUT2D eigenvalue weighted by atomic mass is 32.2. The molecule has 0 saturated carbocycles. The van der Waals surface area contributed by atoms with Crippen molar-refractivity contribution in [1.82, 2.24) is 0 Å². The van der Waals surface area contributed by atoms with Gasteiger partial charge in [0.25, 0.3) is 20.2 Å². The molecule has 0 aliphatic heterocycles. The van der Waals surface area contributed by atoms with Gasteiger partial charge in [0.05, 0.1) is 15.8 Å². The van der Waals surface area contributed by atoms with Crippen LogP contribution >= 0.6 is 0 Å². The Labute approximate surface area is 96.0 Å². The second-order valence-electron chi connectivity index (χ2n) is 2.93. The maximum atomic E-state index is 10.8. The molecule has 0 atom stereocenters. The van der Waals surface area contributed by atoms with Crippen LogP contribution in [0.3, 0.4) is 0 Å². The highest BCUT2D eigenvalue weighted by Crippen LogP contribution is 2.18. The van der Waals surface area contributed by atoms with Crippen molar-refractivity contribution in [2.24, 2.45) is 0 Å². The molecular formula is C7H5O8S2-. The lowest BCUT2D eigenvalue weighted by molar-refractivity contribution is -0.255. The standard InChI is InChI=1S/C7H6O8S2/c8-7(9)4-1-5(16(10,11)12)3-6(2-4)17(13,14)15/h1-3H,(H,8,9)(H,10,11,12)(H,13,14,15)/p-1. The first-order chi connectivity index (χ1) is 7.51. The summed E-state index contributed by atoms with van der Waals surface area (Å²) >= 11 is 0. The van der Waals surface area contributed by atoms with E-state index in [-0.39, 0.29) is 0 Å². The van der Waals surface area contributed by atoms with Gasteiger partial charge in [-0.15, -0.1) is 0 Å². The minimum atomic E-state index is -4.81. The summed E-state index contributed by atoms with van der Waals surface area (Å²) in [4.78, 5) is 8.54. The van der Waals surface area contributed by atoms with Crippen LogP contribution in [0.25, 0.3) is 0 Å². The van der Waals surface area contributed by atoms with Crippen LogP contribution in [0.1, 0.15) is 10.4 Å². The van der Waals surface area contributed by atoms with Crippen LogP contribution in [0.5, 0.6) is 0 Å². The van der Waals surface area contributed by atoms with Gasteiger partial charge in [-0.2, -0.15) is 16.8 Å². The van der Waals surface area contributed by atoms with Crippen LogP contribution in [0.15, 0.2) is 28.0 Å². The van der Waals surface area contributed by atoms with Crippen molar-refractivity contribution in [1.29, 1.82) is 0 Å². The maximum Gasteiger partial charge on any atom is 0.294 e. The zero-order valence-corrected chi connectivity index (χ0v) is 9.53. The first kappa shape index (κ1) is 13.6. The number of rotatable bonds is 3. The summed E-state index contributed by atoms with van der Waals surface area (Å²) in [6.07, 6.45) is 0. The third kappa shape index (κ3) is 3.23. The van der Waals surface area contributed by atoms with E-state index in [2.05, 4.69) is 0 Å². The van der Waals surface area contributed by atoms with Gasteiger partial charge in [-0.1, -0.05) is 0 Å². The SMILES string of the molecule is O=C([O-])c1cc(S(=O)(=O)O)cc(S(=O)(=O)O)c1. The van der Waals surface area contributed by atoms with Crippen molar-refractivity contribution in [3.63, 3.8) is 0 Å². The number of hydrogen-bond donors (Lipinski definition) is 2. The van der Waals surface area contributed by atoms with Crippen LogP contribution < -0.4 is 5.11 Å². The fourth-order valence-electron chi connectivity index (χ4n) is 0.987. The Morgan fingerprint density at radius 2 is 1.29 bits per heavy atom. The minimum absolute atomic E-state index is 0.414. The van der Waals surface area contributed by atoms with Gasteiger partial charge in [0.2, 0.25) is 0 Å². The van der Waals surface area contributed by atoms with E-state index in [0.29, 0.717) is 18.2 Å². The fourth-order valence-corrected chi connectivity index (χ4v) is 2.17. The Bertz CT molecular complexity index is 620. The largest absolute Gasteiger partial charge is 0.545 e. The zero-order chi connectivity index (χ0) is 13.4. The molecule has 0 aromatic heterocycles. The van der Waals surface area contributed by atoms with Crippen molar-refractivity contribution < 1.29 is 35.8 Å². The van der Waals surface area contributed by atoms with Crippen molar-refractivity contribution in [2.75, 3.05) is 0 Å². The molecule has 0 aliphatic carbocycles. The quantitative estimate of drug-likeness (QED) is 0.638. The maximum absolute atomic E-state index is 10.8. The predicted molar refractivity (Wildman–Crippen MR) is 50.4 cm³/mol. The molecule has 0 amide bonds. The van der Waals surface area contributed by atoms with E-state index in [1.807, 2.05) is 0 Å². The third-order valence-electron chi connectivity index (χ3n) is 1.71. The predicted octanol–water partition coefficient (Wildman–Crippen LogP) is -1.46. The second kappa shape index (κ2) is 4.07. The molecule has 10 heteroatoms. The summed E-state index contributed by atoms with van der Waals surface area (Å²) in [7, 11) is -9.62. The lowest BCUT2D eigenvalue weighted by Crippen LogP contribution is -2.23. The molecule has 2 N–H and O–H groups in total. The number of aromatic carboxylic acids is 1. The molecule has 0 aliphatic rings. The van der Waals surface area contributed by atoms with Gasteiger partial charge in [0.1, 0.15) is 0 Å². The average molecular weight is 281 g/mol. The smallest absolute Gasteiger partial charge is 0.294 e. The summed E-state index contributed by atoms with van der Waals surface area (Å²) in [5.74, 6) is -1.86. The fraction of sp³-hybridized carbons (Fsp3) is 0. The molecule has 1 rings (SSSR count). The lowest BCUT2D eigenvalue weighted by atomic mass is 10.2. The monoisotopic (exact) mass is 281 g/mol. The minimum Gasteiger partial charge on any atom is -0.545 e. The lowest BCUT2D eigenvalue weighted by Gasteiger charge is -2.07. The number of carboxylic acid groups (broad SMARTS) is 1. The number of carbonyl (C=O) groups excluding carboxylic acids is 1. The van der Waals surface area contributed by atoms with Gasteiger partial charge < -0.3 is 9.90 Å². The van der Waals surface area contributed by atoms with Crippen LogP contribution in [-0.2, 0) is 20.2 Å². The summed E-state index contributed by atoms with van der Waals surface area (Å²) in [6.45, 7) is 0. The first-order valence-corrected chi connectivity index (χ1v) is 6.71. The van der Waals surface area contributed by atoms with Crippen LogP contribution in [0.2, 0.25) is 0 Å². The first-order valence-electron chi connectivity index (χ1n) is 3.83. The van der Waals surface area contributed by atoms with E-state index in [1.165, 1.54) is 0 Å². The number of carbonyl (C=O) groups is 1. The molecule has 0 radical (unpaired) electrons. The summed E-state index contributed by atoms with van der Waals surface area (Å²) < 4.78 is 60.3. The van der Waals surface area contributed by atoms with E-state index >= 15 is 0 Å². The van der Waals surface area contributed by atoms with Crippen LogP contribution in [0.4, 0.5) is 0 Å². The number of carboxylic acids is 1. The Kier molecular flexibility index (Phi) is 3.25. The van der Waals surface area contributed by atoms with E-state index in [0.717, 1.165) is 0 Å². The van der Waals surface area contributed by atoms with E-state index < -0.39 is 41.6 Å². The molecule has 0 spiro atoms. The molecule has 17 heavy (non-hydrogen) atoms. The van der Waals surface area contributed by atoms with Crippen molar-refractivity contribution >= 4 is 26.2 Å². The molecule has 0 heterocycles. The van der Waals surface area contributed by atoms with Crippen LogP contribution in [0, 0.1) is 0 Å². The Morgan fingerprint density at radius 3 is 1.53 bits per heavy atom. The Hall–Kier alpha value is -1.49. The summed E-state index contributed by atoms with van der Waals surface area (Å²) in [6, 6.07) is 1.41. The second-order valence-corrected chi connectivity index (χ2v) is 5.77. The molecule has 0 unspecified atom stereocenters. The number of benzene rings is 1. The van der Waals surface area contributed by atoms with Crippen molar-refractivity contribution in [2.45, 2.75) is 9.79 Å². The average Bonchev–Trinajstić information content (AvgIpc) is 2.14. The van der Waals surface area contributed by atoms with Crippen molar-refractivity contribution in [3.05, 3.63) is 23.8 Å². The highest BCUT2D eigenvalue weighted by molar-refractivity contribution is 7.86. The van der Waals surface area contributed by atoms with E-state index in [9.17, 15) is 26.7 Å². The van der Waals surface area contributed by atoms with Gasteiger partial charge in [-0.05, 0) is 23.8 Å². The van der Waals surface area contributed by atoms with Crippen LogP contribution in [-0.4, -0.2) is 31.9 Å². The van der Waals surface area contributed by atoms with E-state index in [4.69, 9.17) is 9.11 Å². The molecule has 0 saturated heterocycles. The molecule has 1 aromatic rings. The zero-order valence-electron chi connectivity index (χ0n) is 7.89. The molecule has 1 aromatic carbocycles. The summed E-state index contributed by atoms with van der Waals surface area (Å²) in [5, 5.41) is 10.5. The van der Waals surface area contributed by atoms with Crippen molar-refractivity contribution in [3.8, 4) is 0 Å². The third-order valence-corrected chi connectivity index (χ3v) is 3.37. The Balaban J connectivity index is 3.68. The molecule has 0 fully saturated rings. The summed E-state index contributed by atoms with van der Waals surface area (Å²) in [5.41, 5.74) is -0.812. The van der Waals surface area contributed by atoms with Gasteiger partial charge in [-0.3, -0.25) is 9.11 Å². The molecular weight excluding hydrogens is 276 g/mol. The van der Waals surface area contributed by atoms with Gasteiger partial charge in [0, 0.05) is 0 Å². The van der Waals surface area contributed by atoms with Gasteiger partial charge in [0.15, 0.2) is 0 Å². The molecule has 8 nitrogen and oxygen atoms in total. The number of hydrogen-bond acceptors (Lipinski definition) is 6. The topological polar surface area (TPSA) is 149 Å². The van der Waals surface area contributed by atoms with Gasteiger partial charge >= 0.3 is 0 Å². The Morgan fingerprint density at radius 1 is 0.941 bits per heavy atom. The molecule has 94 valence electrons. The molecule has 0 bridgehead atoms.